The molecule has 4 nitrogen and oxygen atoms in total. The van der Waals surface area contributed by atoms with Crippen molar-refractivity contribution < 1.29 is 40.6 Å². The van der Waals surface area contributed by atoms with Crippen LogP contribution in [0, 0.1) is 0 Å². The summed E-state index contributed by atoms with van der Waals surface area (Å²) in [5.41, 5.74) is 0.909. The molecule has 0 radical (unpaired) electrons. The number of amides is 1. The first kappa shape index (κ1) is 18.4. The van der Waals surface area contributed by atoms with Gasteiger partial charge >= 0.3 is 18.3 Å². The van der Waals surface area contributed by atoms with Gasteiger partial charge in [0.1, 0.15) is 19.0 Å². The van der Waals surface area contributed by atoms with Crippen LogP contribution in [-0.4, -0.2) is 37.5 Å². The van der Waals surface area contributed by atoms with Crippen LogP contribution in [0.5, 0.6) is 5.75 Å². The van der Waals surface area contributed by atoms with E-state index in [9.17, 15) is 31.1 Å². The van der Waals surface area contributed by atoms with Crippen LogP contribution >= 0.6 is 0 Å². The van der Waals surface area contributed by atoms with Gasteiger partial charge in [-0.25, -0.2) is 0 Å². The summed E-state index contributed by atoms with van der Waals surface area (Å²) in [6.07, 6.45) is -9.36. The maximum absolute atomic E-state index is 12.2. The summed E-state index contributed by atoms with van der Waals surface area (Å²) in [6.45, 7) is -1.82. The van der Waals surface area contributed by atoms with Gasteiger partial charge in [-0.2, -0.15) is 26.3 Å². The molecule has 24 heavy (non-hydrogen) atoms. The van der Waals surface area contributed by atoms with Crippen LogP contribution in [0.2, 0.25) is 0 Å². The van der Waals surface area contributed by atoms with Gasteiger partial charge in [-0.1, -0.05) is 6.07 Å². The SMILES string of the molecule is O=C(N[C@H]1COc2ccc(COCC(F)(F)F)cc2C1)C(F)(F)F. The number of ether oxygens (including phenoxy) is 2. The topological polar surface area (TPSA) is 47.6 Å². The summed E-state index contributed by atoms with van der Waals surface area (Å²) in [5, 5.41) is 1.81. The molecule has 10 heteroatoms. The number of alkyl halides is 6. The summed E-state index contributed by atoms with van der Waals surface area (Å²) >= 11 is 0. The minimum atomic E-state index is -4.99. The van der Waals surface area contributed by atoms with E-state index in [1.165, 1.54) is 18.2 Å². The molecule has 0 saturated heterocycles. The van der Waals surface area contributed by atoms with Crippen LogP contribution in [-0.2, 0) is 22.6 Å². The first-order chi connectivity index (χ1) is 11.0. The molecule has 0 aliphatic carbocycles. The van der Waals surface area contributed by atoms with Gasteiger partial charge in [0.25, 0.3) is 0 Å². The number of hydrogen-bond donors (Lipinski definition) is 1. The molecular formula is C14H13F6NO3. The molecule has 0 bridgehead atoms. The van der Waals surface area contributed by atoms with E-state index >= 15 is 0 Å². The van der Waals surface area contributed by atoms with Crippen LogP contribution in [0.4, 0.5) is 26.3 Å². The highest BCUT2D eigenvalue weighted by atomic mass is 19.4. The predicted molar refractivity (Wildman–Crippen MR) is 69.3 cm³/mol. The fourth-order valence-electron chi connectivity index (χ4n) is 2.18. The van der Waals surface area contributed by atoms with E-state index in [0.29, 0.717) is 16.9 Å². The minimum Gasteiger partial charge on any atom is -0.491 e. The first-order valence-corrected chi connectivity index (χ1v) is 6.81. The highest BCUT2D eigenvalue weighted by Crippen LogP contribution is 2.27. The lowest BCUT2D eigenvalue weighted by atomic mass is 10.0. The highest BCUT2D eigenvalue weighted by molar-refractivity contribution is 5.82. The Morgan fingerprint density at radius 2 is 1.96 bits per heavy atom. The molecule has 0 saturated carbocycles. The zero-order valence-electron chi connectivity index (χ0n) is 12.1. The molecule has 1 aromatic rings. The molecule has 1 amide bonds. The highest BCUT2D eigenvalue weighted by Gasteiger charge is 2.40. The first-order valence-electron chi connectivity index (χ1n) is 6.81. The molecular weight excluding hydrogens is 344 g/mol. The van der Waals surface area contributed by atoms with E-state index in [2.05, 4.69) is 4.74 Å². The van der Waals surface area contributed by atoms with Crippen LogP contribution in [0.1, 0.15) is 11.1 Å². The number of halogens is 6. The van der Waals surface area contributed by atoms with E-state index in [4.69, 9.17) is 4.74 Å². The van der Waals surface area contributed by atoms with Crippen LogP contribution in [0.25, 0.3) is 0 Å². The number of nitrogens with one attached hydrogen (secondary N) is 1. The van der Waals surface area contributed by atoms with Crippen molar-refractivity contribution in [3.05, 3.63) is 29.3 Å². The second-order valence-electron chi connectivity index (χ2n) is 5.23. The van der Waals surface area contributed by atoms with Crippen molar-refractivity contribution in [1.29, 1.82) is 0 Å². The molecule has 1 aromatic carbocycles. The quantitative estimate of drug-likeness (QED) is 0.843. The Kier molecular flexibility index (Phi) is 5.26. The van der Waals surface area contributed by atoms with Gasteiger partial charge in [0.15, 0.2) is 0 Å². The zero-order chi connectivity index (χ0) is 18.0. The van der Waals surface area contributed by atoms with E-state index in [1.807, 2.05) is 5.32 Å². The molecule has 0 aromatic heterocycles. The van der Waals surface area contributed by atoms with E-state index in [-0.39, 0.29) is 19.6 Å². The average Bonchev–Trinajstić information content (AvgIpc) is 2.44. The number of hydrogen-bond acceptors (Lipinski definition) is 3. The number of fused-ring (bicyclic) bond motifs is 1. The monoisotopic (exact) mass is 357 g/mol. The summed E-state index contributed by atoms with van der Waals surface area (Å²) in [4.78, 5) is 10.9. The number of rotatable bonds is 4. The van der Waals surface area contributed by atoms with Crippen LogP contribution in [0.15, 0.2) is 18.2 Å². The van der Waals surface area contributed by atoms with Crippen molar-refractivity contribution in [1.82, 2.24) is 5.32 Å². The maximum atomic E-state index is 12.2. The summed E-state index contributed by atoms with van der Waals surface area (Å²) in [6, 6.07) is 3.61. The summed E-state index contributed by atoms with van der Waals surface area (Å²) < 4.78 is 82.6. The van der Waals surface area contributed by atoms with Crippen molar-refractivity contribution in [3.63, 3.8) is 0 Å². The second-order valence-corrected chi connectivity index (χ2v) is 5.23. The van der Waals surface area contributed by atoms with Gasteiger partial charge in [-0.3, -0.25) is 4.79 Å². The maximum Gasteiger partial charge on any atom is 0.471 e. The van der Waals surface area contributed by atoms with E-state index in [0.717, 1.165) is 0 Å². The lowest BCUT2D eigenvalue weighted by Gasteiger charge is -2.26. The lowest BCUT2D eigenvalue weighted by Crippen LogP contribution is -2.48. The Bertz CT molecular complexity index is 599. The smallest absolute Gasteiger partial charge is 0.471 e. The van der Waals surface area contributed by atoms with Gasteiger partial charge in [0.05, 0.1) is 12.6 Å². The predicted octanol–water partition coefficient (Wildman–Crippen LogP) is 2.75. The van der Waals surface area contributed by atoms with E-state index in [1.54, 1.807) is 0 Å². The van der Waals surface area contributed by atoms with Crippen molar-refractivity contribution >= 4 is 5.91 Å². The average molecular weight is 357 g/mol. The fraction of sp³-hybridized carbons (Fsp3) is 0.500. The van der Waals surface area contributed by atoms with Gasteiger partial charge in [0, 0.05) is 0 Å². The molecule has 2 rings (SSSR count). The minimum absolute atomic E-state index is 0.0737. The molecule has 0 fully saturated rings. The van der Waals surface area contributed by atoms with Gasteiger partial charge in [-0.15, -0.1) is 0 Å². The summed E-state index contributed by atoms with van der Waals surface area (Å²) in [7, 11) is 0. The largest absolute Gasteiger partial charge is 0.491 e. The number of benzene rings is 1. The standard InChI is InChI=1S/C14H13F6NO3/c15-13(16,17)7-23-5-8-1-2-11-9(3-8)4-10(6-24-11)21-12(22)14(18,19)20/h1-3,10H,4-7H2,(H,21,22)/t10-/m1/s1. The van der Waals surface area contributed by atoms with E-state index < -0.39 is 30.9 Å². The number of carbonyl (C=O) groups is 1. The third-order valence-electron chi connectivity index (χ3n) is 3.16. The molecule has 1 aliphatic rings. The van der Waals surface area contributed by atoms with Crippen molar-refractivity contribution in [2.45, 2.75) is 31.4 Å². The molecule has 0 spiro atoms. The summed E-state index contributed by atoms with van der Waals surface area (Å²) in [5.74, 6) is -1.66. The van der Waals surface area contributed by atoms with Crippen molar-refractivity contribution in [2.75, 3.05) is 13.2 Å². The fourth-order valence-corrected chi connectivity index (χ4v) is 2.18. The third-order valence-corrected chi connectivity index (χ3v) is 3.16. The number of carbonyl (C=O) groups excluding carboxylic acids is 1. The van der Waals surface area contributed by atoms with Crippen LogP contribution < -0.4 is 10.1 Å². The molecule has 1 N–H and O–H groups in total. The van der Waals surface area contributed by atoms with Gasteiger partial charge < -0.3 is 14.8 Å². The van der Waals surface area contributed by atoms with Gasteiger partial charge in [-0.05, 0) is 29.7 Å². The van der Waals surface area contributed by atoms with Gasteiger partial charge in [0.2, 0.25) is 0 Å². The molecule has 0 unspecified atom stereocenters. The van der Waals surface area contributed by atoms with Crippen molar-refractivity contribution in [2.24, 2.45) is 0 Å². The Morgan fingerprint density at radius 1 is 1.25 bits per heavy atom. The van der Waals surface area contributed by atoms with Crippen LogP contribution in [0.3, 0.4) is 0 Å². The second kappa shape index (κ2) is 6.88. The Morgan fingerprint density at radius 3 is 2.58 bits per heavy atom. The van der Waals surface area contributed by atoms with Crippen molar-refractivity contribution in [3.8, 4) is 5.75 Å². The molecule has 1 heterocycles. The molecule has 1 aliphatic heterocycles. The normalized spacial score (nSPS) is 17.8. The molecule has 1 atom stereocenters. The Hall–Kier alpha value is -1.97. The zero-order valence-corrected chi connectivity index (χ0v) is 12.1. The Labute approximate surface area is 132 Å². The Balaban J connectivity index is 1.97. The molecule has 134 valence electrons. The third kappa shape index (κ3) is 5.29. The lowest BCUT2D eigenvalue weighted by molar-refractivity contribution is -0.176.